The summed E-state index contributed by atoms with van der Waals surface area (Å²) in [5.74, 6) is 0. The number of nitrogens with one attached hydrogen (secondary N) is 1. The minimum atomic E-state index is 0.381. The van der Waals surface area contributed by atoms with Gasteiger partial charge in [-0.3, -0.25) is 15.4 Å². The van der Waals surface area contributed by atoms with Crippen molar-refractivity contribution in [2.24, 2.45) is 4.99 Å². The van der Waals surface area contributed by atoms with Gasteiger partial charge in [0.25, 0.3) is 0 Å². The van der Waals surface area contributed by atoms with Crippen molar-refractivity contribution in [3.05, 3.63) is 23.6 Å². The van der Waals surface area contributed by atoms with E-state index in [-0.39, 0.29) is 0 Å². The van der Waals surface area contributed by atoms with Crippen LogP contribution in [-0.4, -0.2) is 15.8 Å². The van der Waals surface area contributed by atoms with Gasteiger partial charge in [0.2, 0.25) is 0 Å². The predicted octanol–water partition coefficient (Wildman–Crippen LogP) is 0.719. The molecule has 64 valence electrons. The third-order valence-corrected chi connectivity index (χ3v) is 1.46. The van der Waals surface area contributed by atoms with Crippen molar-refractivity contribution in [1.29, 1.82) is 5.41 Å². The van der Waals surface area contributed by atoms with E-state index in [1.54, 1.807) is 10.8 Å². The lowest BCUT2D eigenvalue weighted by Crippen LogP contribution is -2.19. The highest BCUT2D eigenvalue weighted by Crippen LogP contribution is 1.86. The SMILES string of the molecule is CC=NCn1cc(C)ncc1=N. The maximum Gasteiger partial charge on any atom is 0.145 e. The third kappa shape index (κ3) is 2.02. The second kappa shape index (κ2) is 3.80. The Morgan fingerprint density at radius 2 is 2.50 bits per heavy atom. The fourth-order valence-electron chi connectivity index (χ4n) is 0.852. The van der Waals surface area contributed by atoms with Gasteiger partial charge in [0.15, 0.2) is 0 Å². The topological polar surface area (TPSA) is 54.0 Å². The smallest absolute Gasteiger partial charge is 0.145 e. The van der Waals surface area contributed by atoms with Crippen LogP contribution in [0.4, 0.5) is 0 Å². The molecule has 0 unspecified atom stereocenters. The van der Waals surface area contributed by atoms with Gasteiger partial charge in [-0.05, 0) is 20.1 Å². The lowest BCUT2D eigenvalue weighted by molar-refractivity contribution is 0.668. The summed E-state index contributed by atoms with van der Waals surface area (Å²) in [6.07, 6.45) is 5.07. The van der Waals surface area contributed by atoms with Gasteiger partial charge in [0.05, 0.1) is 11.9 Å². The largest absolute Gasteiger partial charge is 0.310 e. The molecule has 0 aliphatic rings. The van der Waals surface area contributed by atoms with Crippen LogP contribution in [0.3, 0.4) is 0 Å². The molecule has 0 spiro atoms. The second-order valence-corrected chi connectivity index (χ2v) is 2.47. The Kier molecular flexibility index (Phi) is 2.74. The molecule has 0 radical (unpaired) electrons. The zero-order valence-corrected chi connectivity index (χ0v) is 7.28. The van der Waals surface area contributed by atoms with Crippen LogP contribution in [0.15, 0.2) is 17.4 Å². The predicted molar refractivity (Wildman–Crippen MR) is 47.0 cm³/mol. The summed E-state index contributed by atoms with van der Waals surface area (Å²) >= 11 is 0. The Hall–Kier alpha value is -1.45. The number of aliphatic imine (C=N–C) groups is 1. The monoisotopic (exact) mass is 164 g/mol. The first kappa shape index (κ1) is 8.64. The standard InChI is InChI=1S/C8H12N4/c1-3-10-6-12-5-7(2)11-4-8(12)9/h3-5,9H,6H2,1-2H3. The summed E-state index contributed by atoms with van der Waals surface area (Å²) in [5, 5.41) is 7.47. The van der Waals surface area contributed by atoms with Gasteiger partial charge in [0.1, 0.15) is 12.2 Å². The van der Waals surface area contributed by atoms with E-state index in [4.69, 9.17) is 5.41 Å². The van der Waals surface area contributed by atoms with Gasteiger partial charge in [-0.1, -0.05) is 0 Å². The molecular formula is C8H12N4. The number of rotatable bonds is 2. The molecule has 0 aliphatic carbocycles. The van der Waals surface area contributed by atoms with E-state index in [0.717, 1.165) is 5.69 Å². The summed E-state index contributed by atoms with van der Waals surface area (Å²) in [6.45, 7) is 4.25. The van der Waals surface area contributed by atoms with Gasteiger partial charge in [-0.15, -0.1) is 0 Å². The van der Waals surface area contributed by atoms with Crippen molar-refractivity contribution < 1.29 is 0 Å². The Morgan fingerprint density at radius 1 is 1.75 bits per heavy atom. The third-order valence-electron chi connectivity index (χ3n) is 1.46. The summed E-state index contributed by atoms with van der Waals surface area (Å²) in [5.41, 5.74) is 1.28. The molecule has 4 heteroatoms. The molecule has 12 heavy (non-hydrogen) atoms. The molecule has 0 aromatic carbocycles. The van der Waals surface area contributed by atoms with E-state index >= 15 is 0 Å². The van der Waals surface area contributed by atoms with Crippen LogP contribution in [0.1, 0.15) is 12.6 Å². The van der Waals surface area contributed by atoms with Gasteiger partial charge in [-0.25, -0.2) is 0 Å². The number of hydrogen-bond acceptors (Lipinski definition) is 3. The van der Waals surface area contributed by atoms with Crippen LogP contribution in [-0.2, 0) is 6.67 Å². The lowest BCUT2D eigenvalue weighted by Gasteiger charge is -2.02. The summed E-state index contributed by atoms with van der Waals surface area (Å²) < 4.78 is 1.74. The van der Waals surface area contributed by atoms with E-state index in [1.807, 2.05) is 20.0 Å². The fourth-order valence-corrected chi connectivity index (χ4v) is 0.852. The van der Waals surface area contributed by atoms with Crippen molar-refractivity contribution in [3.8, 4) is 0 Å². The minimum Gasteiger partial charge on any atom is -0.310 e. The van der Waals surface area contributed by atoms with Crippen LogP contribution in [0.5, 0.6) is 0 Å². The molecule has 0 fully saturated rings. The molecule has 0 saturated carbocycles. The maximum absolute atomic E-state index is 7.47. The first-order valence-corrected chi connectivity index (χ1v) is 3.76. The van der Waals surface area contributed by atoms with Crippen molar-refractivity contribution in [2.45, 2.75) is 20.5 Å². The van der Waals surface area contributed by atoms with E-state index in [1.165, 1.54) is 6.20 Å². The van der Waals surface area contributed by atoms with Crippen LogP contribution < -0.4 is 5.49 Å². The van der Waals surface area contributed by atoms with Crippen molar-refractivity contribution >= 4 is 6.21 Å². The zero-order chi connectivity index (χ0) is 8.97. The van der Waals surface area contributed by atoms with Gasteiger partial charge in [0, 0.05) is 6.20 Å². The molecule has 1 aromatic heterocycles. The van der Waals surface area contributed by atoms with E-state index in [0.29, 0.717) is 12.2 Å². The highest BCUT2D eigenvalue weighted by molar-refractivity contribution is 5.52. The molecule has 1 N–H and O–H groups in total. The first-order chi connectivity index (χ1) is 5.74. The first-order valence-electron chi connectivity index (χ1n) is 3.76. The summed E-state index contributed by atoms with van der Waals surface area (Å²) in [4.78, 5) is 8.02. The van der Waals surface area contributed by atoms with Crippen molar-refractivity contribution in [2.75, 3.05) is 0 Å². The summed E-state index contributed by atoms with van der Waals surface area (Å²) in [7, 11) is 0. The highest BCUT2D eigenvalue weighted by Gasteiger charge is 1.90. The average Bonchev–Trinajstić information content (AvgIpc) is 2.07. The Balaban J connectivity index is 2.97. The lowest BCUT2D eigenvalue weighted by atomic mass is 10.5. The fraction of sp³-hybridized carbons (Fsp3) is 0.375. The number of aromatic nitrogens is 2. The molecule has 0 aliphatic heterocycles. The maximum atomic E-state index is 7.47. The van der Waals surface area contributed by atoms with Crippen LogP contribution in [0.25, 0.3) is 0 Å². The van der Waals surface area contributed by atoms with Crippen LogP contribution >= 0.6 is 0 Å². The second-order valence-electron chi connectivity index (χ2n) is 2.47. The van der Waals surface area contributed by atoms with Gasteiger partial charge in [-0.2, -0.15) is 0 Å². The molecule has 1 rings (SSSR count). The quantitative estimate of drug-likeness (QED) is 0.643. The molecule has 1 aromatic rings. The number of hydrogen-bond donors (Lipinski definition) is 1. The Morgan fingerprint density at radius 3 is 3.17 bits per heavy atom. The molecule has 0 saturated heterocycles. The van der Waals surface area contributed by atoms with Crippen molar-refractivity contribution in [1.82, 2.24) is 9.55 Å². The Bertz CT molecular complexity index is 337. The zero-order valence-electron chi connectivity index (χ0n) is 7.28. The molecule has 0 atom stereocenters. The molecular weight excluding hydrogens is 152 g/mol. The molecule has 0 amide bonds. The van der Waals surface area contributed by atoms with Crippen molar-refractivity contribution in [3.63, 3.8) is 0 Å². The van der Waals surface area contributed by atoms with Gasteiger partial charge >= 0.3 is 0 Å². The summed E-state index contributed by atoms with van der Waals surface area (Å²) in [6, 6.07) is 0. The van der Waals surface area contributed by atoms with E-state index in [9.17, 15) is 0 Å². The molecule has 1 heterocycles. The van der Waals surface area contributed by atoms with Crippen LogP contribution in [0, 0.1) is 12.3 Å². The van der Waals surface area contributed by atoms with Gasteiger partial charge < -0.3 is 4.57 Å². The Labute approximate surface area is 71.1 Å². The van der Waals surface area contributed by atoms with E-state index in [2.05, 4.69) is 9.98 Å². The minimum absolute atomic E-state index is 0.381. The highest BCUT2D eigenvalue weighted by atomic mass is 15.1. The normalized spacial score (nSPS) is 10.8. The molecule has 4 nitrogen and oxygen atoms in total. The number of nitrogens with zero attached hydrogens (tertiary/aromatic N) is 3. The van der Waals surface area contributed by atoms with Crippen LogP contribution in [0.2, 0.25) is 0 Å². The van der Waals surface area contributed by atoms with E-state index < -0.39 is 0 Å². The molecule has 0 bridgehead atoms. The number of aryl methyl sites for hydroxylation is 1. The average molecular weight is 164 g/mol.